The fourth-order valence-corrected chi connectivity index (χ4v) is 8.11. The van der Waals surface area contributed by atoms with Gasteiger partial charge in [-0.05, 0) is 50.3 Å². The summed E-state index contributed by atoms with van der Waals surface area (Å²) in [6, 6.07) is 10.9. The number of nitrogens with one attached hydrogen (secondary N) is 1. The van der Waals surface area contributed by atoms with Gasteiger partial charge in [0.1, 0.15) is 9.22 Å². The first-order chi connectivity index (χ1) is 16.3. The Bertz CT molecular complexity index is 1370. The second-order valence-corrected chi connectivity index (χ2v) is 13.0. The maximum atomic E-state index is 13.5. The van der Waals surface area contributed by atoms with Crippen LogP contribution in [0.4, 0.5) is 5.69 Å². The summed E-state index contributed by atoms with van der Waals surface area (Å²) in [4.78, 5) is 11.6. The molecule has 4 heterocycles. The number of hydrogen-bond acceptors (Lipinski definition) is 7. The number of thiazole rings is 1. The van der Waals surface area contributed by atoms with Crippen molar-refractivity contribution in [1.29, 1.82) is 0 Å². The van der Waals surface area contributed by atoms with Crippen LogP contribution in [-0.4, -0.2) is 53.6 Å². The Balaban J connectivity index is 1.47. The topological polar surface area (TPSA) is 89.5 Å². The zero-order valence-electron chi connectivity index (χ0n) is 19.1. The van der Waals surface area contributed by atoms with Gasteiger partial charge in [0.2, 0.25) is 0 Å². The lowest BCUT2D eigenvalue weighted by Crippen LogP contribution is -2.36. The summed E-state index contributed by atoms with van der Waals surface area (Å²) in [6.07, 6.45) is 3.37. The summed E-state index contributed by atoms with van der Waals surface area (Å²) in [5, 5.41) is 13.3. The van der Waals surface area contributed by atoms with Gasteiger partial charge in [-0.3, -0.25) is 9.21 Å². The fourth-order valence-electron chi connectivity index (χ4n) is 4.43. The summed E-state index contributed by atoms with van der Waals surface area (Å²) in [6.45, 7) is 6.40. The van der Waals surface area contributed by atoms with Crippen LogP contribution in [0.15, 0.2) is 52.2 Å². The minimum absolute atomic E-state index is 0.178. The molecule has 0 amide bonds. The predicted octanol–water partition coefficient (Wildman–Crippen LogP) is 4.91. The summed E-state index contributed by atoms with van der Waals surface area (Å²) in [5.41, 5.74) is 2.30. The molecule has 0 atom stereocenters. The second-order valence-electron chi connectivity index (χ2n) is 8.89. The van der Waals surface area contributed by atoms with Gasteiger partial charge >= 0.3 is 0 Å². The average molecular weight is 517 g/mol. The molecule has 1 aliphatic rings. The minimum atomic E-state index is -3.68. The highest BCUT2D eigenvalue weighted by atomic mass is 32.2. The highest BCUT2D eigenvalue weighted by molar-refractivity contribution is 7.94. The molecule has 4 aromatic rings. The maximum absolute atomic E-state index is 13.5. The minimum Gasteiger partial charge on any atom is -0.393 e. The molecule has 34 heavy (non-hydrogen) atoms. The van der Waals surface area contributed by atoms with E-state index in [9.17, 15) is 13.5 Å². The standard InChI is InChI=1S/C24H28N4O3S3/c1-16(2)28(34(30,31)22-7-4-12-32-22)21-6-3-5-17-13-20(26-23(17)21)24-25-14-19(33-24)15-27-10-8-18(29)9-11-27/h3-7,12-14,16,18,26,29H,8-11,15H2,1-2H3. The number of hydrogen-bond donors (Lipinski definition) is 2. The van der Waals surface area contributed by atoms with Gasteiger partial charge in [0.15, 0.2) is 0 Å². The van der Waals surface area contributed by atoms with E-state index in [2.05, 4.69) is 14.9 Å². The quantitative estimate of drug-likeness (QED) is 0.364. The normalized spacial score (nSPS) is 16.0. The molecule has 0 aliphatic carbocycles. The molecular formula is C24H28N4O3S3. The van der Waals surface area contributed by atoms with Gasteiger partial charge < -0.3 is 10.1 Å². The molecule has 3 aromatic heterocycles. The lowest BCUT2D eigenvalue weighted by atomic mass is 10.1. The smallest absolute Gasteiger partial charge is 0.274 e. The number of para-hydroxylation sites is 1. The van der Waals surface area contributed by atoms with Crippen LogP contribution in [0, 0.1) is 0 Å². The van der Waals surface area contributed by atoms with E-state index in [0.717, 1.165) is 54.1 Å². The van der Waals surface area contributed by atoms with Crippen LogP contribution in [0.5, 0.6) is 0 Å². The van der Waals surface area contributed by atoms with E-state index in [4.69, 9.17) is 0 Å². The number of aliphatic hydroxyl groups is 1. The molecule has 1 aliphatic heterocycles. The molecule has 0 unspecified atom stereocenters. The van der Waals surface area contributed by atoms with Gasteiger partial charge in [0, 0.05) is 42.1 Å². The van der Waals surface area contributed by atoms with Crippen molar-refractivity contribution < 1.29 is 13.5 Å². The van der Waals surface area contributed by atoms with Gasteiger partial charge in [-0.2, -0.15) is 0 Å². The molecule has 5 rings (SSSR count). The molecule has 0 radical (unpaired) electrons. The van der Waals surface area contributed by atoms with Crippen molar-refractivity contribution in [1.82, 2.24) is 14.9 Å². The lowest BCUT2D eigenvalue weighted by molar-refractivity contribution is 0.0797. The Hall–Kier alpha value is -2.24. The van der Waals surface area contributed by atoms with Crippen LogP contribution in [-0.2, 0) is 16.6 Å². The number of H-pyrrole nitrogens is 1. The van der Waals surface area contributed by atoms with Crippen LogP contribution >= 0.6 is 22.7 Å². The van der Waals surface area contributed by atoms with Gasteiger partial charge in [-0.1, -0.05) is 18.2 Å². The van der Waals surface area contributed by atoms with Gasteiger partial charge in [-0.15, -0.1) is 22.7 Å². The molecule has 0 saturated carbocycles. The Kier molecular flexibility index (Phi) is 6.51. The van der Waals surface area contributed by atoms with Crippen molar-refractivity contribution in [2.75, 3.05) is 17.4 Å². The zero-order chi connectivity index (χ0) is 23.9. The second kappa shape index (κ2) is 9.43. The number of anilines is 1. The molecule has 1 aromatic carbocycles. The third-order valence-electron chi connectivity index (χ3n) is 6.07. The third-order valence-corrected chi connectivity index (χ3v) is 10.4. The summed E-state index contributed by atoms with van der Waals surface area (Å²) >= 11 is 2.87. The average Bonchev–Trinajstić information content (AvgIpc) is 3.56. The monoisotopic (exact) mass is 516 g/mol. The van der Waals surface area contributed by atoms with Crippen molar-refractivity contribution in [3.8, 4) is 10.7 Å². The van der Waals surface area contributed by atoms with E-state index in [1.54, 1.807) is 28.8 Å². The number of nitrogens with zero attached hydrogens (tertiary/aromatic N) is 3. The number of piperidine rings is 1. The van der Waals surface area contributed by atoms with E-state index >= 15 is 0 Å². The van der Waals surface area contributed by atoms with Crippen molar-refractivity contribution in [2.45, 2.75) is 49.6 Å². The molecule has 1 fully saturated rings. The van der Waals surface area contributed by atoms with Crippen LogP contribution in [0.2, 0.25) is 0 Å². The van der Waals surface area contributed by atoms with Crippen LogP contribution in [0.1, 0.15) is 31.6 Å². The molecular weight excluding hydrogens is 488 g/mol. The molecule has 1 saturated heterocycles. The molecule has 0 spiro atoms. The first kappa shape index (κ1) is 23.5. The fraction of sp³-hybridized carbons (Fsp3) is 0.375. The van der Waals surface area contributed by atoms with Crippen molar-refractivity contribution in [2.24, 2.45) is 0 Å². The van der Waals surface area contributed by atoms with Gasteiger partial charge in [0.05, 0.1) is 23.0 Å². The maximum Gasteiger partial charge on any atom is 0.274 e. The third kappa shape index (κ3) is 4.52. The first-order valence-corrected chi connectivity index (χ1v) is 14.5. The number of aromatic nitrogens is 2. The number of likely N-dealkylation sites (tertiary alicyclic amines) is 1. The molecule has 180 valence electrons. The highest BCUT2D eigenvalue weighted by Gasteiger charge is 2.30. The number of thiophene rings is 1. The molecule has 2 N–H and O–H groups in total. The van der Waals surface area contributed by atoms with Gasteiger partial charge in [0.25, 0.3) is 10.0 Å². The Morgan fingerprint density at radius 3 is 2.74 bits per heavy atom. The summed E-state index contributed by atoms with van der Waals surface area (Å²) in [5.74, 6) is 0. The van der Waals surface area contributed by atoms with Crippen LogP contribution < -0.4 is 4.31 Å². The Labute approximate surface area is 207 Å². The lowest BCUT2D eigenvalue weighted by Gasteiger charge is -2.28. The molecule has 7 nitrogen and oxygen atoms in total. The van der Waals surface area contributed by atoms with Crippen LogP contribution in [0.3, 0.4) is 0 Å². The van der Waals surface area contributed by atoms with Crippen molar-refractivity contribution in [3.05, 3.63) is 52.9 Å². The number of rotatable bonds is 7. The number of fused-ring (bicyclic) bond motifs is 1. The zero-order valence-corrected chi connectivity index (χ0v) is 21.6. The van der Waals surface area contributed by atoms with E-state index in [1.807, 2.05) is 44.3 Å². The van der Waals surface area contributed by atoms with E-state index in [-0.39, 0.29) is 12.1 Å². The number of benzene rings is 1. The number of aromatic amines is 1. The van der Waals surface area contributed by atoms with E-state index in [1.165, 1.54) is 20.5 Å². The van der Waals surface area contributed by atoms with E-state index < -0.39 is 10.0 Å². The van der Waals surface area contributed by atoms with E-state index in [0.29, 0.717) is 9.90 Å². The largest absolute Gasteiger partial charge is 0.393 e. The van der Waals surface area contributed by atoms with Gasteiger partial charge in [-0.25, -0.2) is 13.4 Å². The first-order valence-electron chi connectivity index (χ1n) is 11.4. The predicted molar refractivity (Wildman–Crippen MR) is 139 cm³/mol. The van der Waals surface area contributed by atoms with Crippen molar-refractivity contribution in [3.63, 3.8) is 0 Å². The van der Waals surface area contributed by atoms with Crippen LogP contribution in [0.25, 0.3) is 21.6 Å². The Morgan fingerprint density at radius 1 is 1.24 bits per heavy atom. The number of aliphatic hydroxyl groups excluding tert-OH is 1. The SMILES string of the molecule is CC(C)N(c1cccc2cc(-c3ncc(CN4CCC(O)CC4)s3)[nH]c12)S(=O)(=O)c1cccs1. The highest BCUT2D eigenvalue weighted by Crippen LogP contribution is 2.36. The Morgan fingerprint density at radius 2 is 2.03 bits per heavy atom. The summed E-state index contributed by atoms with van der Waals surface area (Å²) < 4.78 is 28.8. The summed E-state index contributed by atoms with van der Waals surface area (Å²) in [7, 11) is -3.68. The van der Waals surface area contributed by atoms with Crippen molar-refractivity contribution >= 4 is 49.3 Å². The molecule has 0 bridgehead atoms. The number of sulfonamides is 1. The molecule has 10 heteroatoms.